The number of pyridine rings is 1. The fourth-order valence-corrected chi connectivity index (χ4v) is 3.83. The van der Waals surface area contributed by atoms with Gasteiger partial charge < -0.3 is 14.6 Å². The summed E-state index contributed by atoms with van der Waals surface area (Å²) in [5, 5.41) is 6.89. The third-order valence-corrected chi connectivity index (χ3v) is 5.49. The number of hydrogen-bond donors (Lipinski definition) is 1. The van der Waals surface area contributed by atoms with Gasteiger partial charge in [0.05, 0.1) is 30.5 Å². The van der Waals surface area contributed by atoms with E-state index in [1.807, 2.05) is 37.3 Å². The first-order chi connectivity index (χ1) is 17.3. The lowest BCUT2D eigenvalue weighted by Crippen LogP contribution is -2.38. The first-order valence-corrected chi connectivity index (χ1v) is 11.5. The Balaban J connectivity index is 1.59. The quantitative estimate of drug-likeness (QED) is 0.385. The number of hydrogen-bond acceptors (Lipinski definition) is 6. The Morgan fingerprint density at radius 2 is 1.78 bits per heavy atom. The molecule has 186 valence electrons. The molecule has 0 bridgehead atoms. The summed E-state index contributed by atoms with van der Waals surface area (Å²) in [6.45, 7) is 1.91. The number of carbonyl (C=O) groups excluding carboxylic acids is 1. The number of aromatic nitrogens is 5. The van der Waals surface area contributed by atoms with Crippen molar-refractivity contribution < 1.29 is 9.53 Å². The van der Waals surface area contributed by atoms with Crippen LogP contribution < -0.4 is 21.3 Å². The SMILES string of the molecule is C[C@@H](Cc1ccccc1)Oc1cc(CC(=O)Nc2ccn(C)n2)nc(Cn2c(=O)ccn(C)c2=O)c1. The van der Waals surface area contributed by atoms with Crippen LogP contribution in [0, 0.1) is 0 Å². The second-order valence-corrected chi connectivity index (χ2v) is 8.64. The normalized spacial score (nSPS) is 11.8. The van der Waals surface area contributed by atoms with Gasteiger partial charge in [-0.25, -0.2) is 4.79 Å². The number of nitrogens with one attached hydrogen (secondary N) is 1. The van der Waals surface area contributed by atoms with E-state index in [4.69, 9.17) is 4.74 Å². The second-order valence-electron chi connectivity index (χ2n) is 8.64. The maximum absolute atomic E-state index is 12.6. The molecule has 10 nitrogen and oxygen atoms in total. The van der Waals surface area contributed by atoms with Crippen LogP contribution in [-0.2, 0) is 38.3 Å². The van der Waals surface area contributed by atoms with Crippen LogP contribution >= 0.6 is 0 Å². The van der Waals surface area contributed by atoms with Crippen molar-refractivity contribution >= 4 is 11.7 Å². The Bertz CT molecular complexity index is 1470. The number of nitrogens with zero attached hydrogens (tertiary/aromatic N) is 5. The van der Waals surface area contributed by atoms with E-state index in [0.29, 0.717) is 29.4 Å². The second kappa shape index (κ2) is 10.9. The molecule has 4 rings (SSSR count). The number of aryl methyl sites for hydroxylation is 2. The molecule has 0 fully saturated rings. The van der Waals surface area contributed by atoms with Crippen LogP contribution in [0.15, 0.2) is 76.6 Å². The average Bonchev–Trinajstić information content (AvgIpc) is 3.24. The summed E-state index contributed by atoms with van der Waals surface area (Å²) in [4.78, 5) is 42.1. The molecule has 4 aromatic rings. The van der Waals surface area contributed by atoms with Crippen LogP contribution in [0.2, 0.25) is 0 Å². The van der Waals surface area contributed by atoms with Crippen molar-refractivity contribution in [3.05, 3.63) is 105 Å². The summed E-state index contributed by atoms with van der Waals surface area (Å²) in [7, 11) is 3.33. The lowest BCUT2D eigenvalue weighted by atomic mass is 10.1. The number of amides is 1. The zero-order valence-electron chi connectivity index (χ0n) is 20.4. The maximum atomic E-state index is 12.6. The Hall–Kier alpha value is -4.47. The molecule has 0 unspecified atom stereocenters. The summed E-state index contributed by atoms with van der Waals surface area (Å²) in [5.74, 6) is 0.644. The van der Waals surface area contributed by atoms with Gasteiger partial charge in [0, 0.05) is 57.2 Å². The van der Waals surface area contributed by atoms with E-state index in [1.54, 1.807) is 43.2 Å². The molecule has 36 heavy (non-hydrogen) atoms. The minimum Gasteiger partial charge on any atom is -0.490 e. The Labute approximate surface area is 207 Å². The van der Waals surface area contributed by atoms with Gasteiger partial charge in [0.25, 0.3) is 5.56 Å². The molecule has 1 atom stereocenters. The largest absolute Gasteiger partial charge is 0.490 e. The standard InChI is InChI=1S/C26H28N6O4/c1-18(13-19-7-5-4-6-8-19)36-22-14-20(16-24(33)28-23-9-12-31(3)29-23)27-21(15-22)17-32-25(34)10-11-30(2)26(32)35/h4-12,14-15,18H,13,16-17H2,1-3H3,(H,28,29,33)/t18-/m0/s1. The molecule has 0 spiro atoms. The Morgan fingerprint density at radius 1 is 1.03 bits per heavy atom. The highest BCUT2D eigenvalue weighted by Crippen LogP contribution is 2.19. The van der Waals surface area contributed by atoms with E-state index >= 15 is 0 Å². The van der Waals surface area contributed by atoms with Crippen LogP contribution in [0.5, 0.6) is 5.75 Å². The molecule has 0 aliphatic carbocycles. The predicted molar refractivity (Wildman–Crippen MR) is 135 cm³/mol. The van der Waals surface area contributed by atoms with E-state index in [1.165, 1.54) is 16.8 Å². The molecule has 10 heteroatoms. The predicted octanol–water partition coefficient (Wildman–Crippen LogP) is 1.91. The van der Waals surface area contributed by atoms with Gasteiger partial charge in [-0.3, -0.25) is 23.8 Å². The number of anilines is 1. The number of benzene rings is 1. The van der Waals surface area contributed by atoms with Gasteiger partial charge >= 0.3 is 5.69 Å². The van der Waals surface area contributed by atoms with Crippen LogP contribution in [0.3, 0.4) is 0 Å². The highest BCUT2D eigenvalue weighted by atomic mass is 16.5. The molecular weight excluding hydrogens is 460 g/mol. The summed E-state index contributed by atoms with van der Waals surface area (Å²) >= 11 is 0. The molecule has 0 radical (unpaired) electrons. The van der Waals surface area contributed by atoms with Crippen LogP contribution in [0.1, 0.15) is 23.9 Å². The maximum Gasteiger partial charge on any atom is 0.331 e. The Morgan fingerprint density at radius 3 is 2.50 bits per heavy atom. The third-order valence-electron chi connectivity index (χ3n) is 5.49. The third kappa shape index (κ3) is 6.35. The highest BCUT2D eigenvalue weighted by molar-refractivity contribution is 5.91. The van der Waals surface area contributed by atoms with E-state index in [9.17, 15) is 14.4 Å². The average molecular weight is 489 g/mol. The van der Waals surface area contributed by atoms with Crippen molar-refractivity contribution in [3.63, 3.8) is 0 Å². The molecule has 1 aromatic carbocycles. The van der Waals surface area contributed by atoms with Crippen molar-refractivity contribution in [3.8, 4) is 5.75 Å². The molecular formula is C26H28N6O4. The van der Waals surface area contributed by atoms with Crippen molar-refractivity contribution in [2.24, 2.45) is 14.1 Å². The van der Waals surface area contributed by atoms with E-state index in [0.717, 1.165) is 10.1 Å². The first-order valence-electron chi connectivity index (χ1n) is 11.5. The van der Waals surface area contributed by atoms with Gasteiger partial charge in [0.1, 0.15) is 5.75 Å². The summed E-state index contributed by atoms with van der Waals surface area (Å²) in [5.41, 5.74) is 1.13. The lowest BCUT2D eigenvalue weighted by Gasteiger charge is -2.17. The molecule has 0 aliphatic heterocycles. The minimum absolute atomic E-state index is 0.0322. The number of carbonyl (C=O) groups is 1. The number of rotatable bonds is 9. The summed E-state index contributed by atoms with van der Waals surface area (Å²) in [6.07, 6.45) is 3.65. The van der Waals surface area contributed by atoms with Crippen LogP contribution in [0.25, 0.3) is 0 Å². The number of ether oxygens (including phenoxy) is 1. The van der Waals surface area contributed by atoms with Gasteiger partial charge in [-0.2, -0.15) is 5.10 Å². The summed E-state index contributed by atoms with van der Waals surface area (Å²) in [6, 6.07) is 16.4. The monoisotopic (exact) mass is 488 g/mol. The van der Waals surface area contributed by atoms with E-state index < -0.39 is 11.2 Å². The zero-order valence-corrected chi connectivity index (χ0v) is 20.4. The molecule has 1 N–H and O–H groups in total. The molecule has 0 saturated carbocycles. The van der Waals surface area contributed by atoms with Crippen molar-refractivity contribution in [1.82, 2.24) is 23.9 Å². The van der Waals surface area contributed by atoms with Crippen molar-refractivity contribution in [2.45, 2.75) is 32.4 Å². The molecule has 3 aromatic heterocycles. The van der Waals surface area contributed by atoms with Gasteiger partial charge in [0.2, 0.25) is 5.91 Å². The van der Waals surface area contributed by atoms with E-state index in [-0.39, 0.29) is 25.0 Å². The fourth-order valence-electron chi connectivity index (χ4n) is 3.83. The summed E-state index contributed by atoms with van der Waals surface area (Å²) < 4.78 is 10.2. The van der Waals surface area contributed by atoms with Gasteiger partial charge in [-0.1, -0.05) is 30.3 Å². The molecule has 3 heterocycles. The molecule has 0 saturated heterocycles. The molecule has 0 aliphatic rings. The minimum atomic E-state index is -0.456. The van der Waals surface area contributed by atoms with Gasteiger partial charge in [-0.15, -0.1) is 0 Å². The molecule has 1 amide bonds. The highest BCUT2D eigenvalue weighted by Gasteiger charge is 2.14. The zero-order chi connectivity index (χ0) is 25.7. The Kier molecular flexibility index (Phi) is 7.43. The van der Waals surface area contributed by atoms with Crippen molar-refractivity contribution in [1.29, 1.82) is 0 Å². The van der Waals surface area contributed by atoms with E-state index in [2.05, 4.69) is 15.4 Å². The van der Waals surface area contributed by atoms with Gasteiger partial charge in [0.15, 0.2) is 5.82 Å². The smallest absolute Gasteiger partial charge is 0.331 e. The first kappa shape index (κ1) is 24.6. The lowest BCUT2D eigenvalue weighted by molar-refractivity contribution is -0.115. The fraction of sp³-hybridized carbons (Fsp3) is 0.269. The van der Waals surface area contributed by atoms with Crippen LogP contribution in [-0.4, -0.2) is 35.9 Å². The van der Waals surface area contributed by atoms with Gasteiger partial charge in [-0.05, 0) is 12.5 Å². The topological polar surface area (TPSA) is 113 Å². The van der Waals surface area contributed by atoms with Crippen LogP contribution in [0.4, 0.5) is 5.82 Å². The van der Waals surface area contributed by atoms with Crippen molar-refractivity contribution in [2.75, 3.05) is 5.32 Å².